The van der Waals surface area contributed by atoms with Gasteiger partial charge in [-0.3, -0.25) is 9.59 Å². The van der Waals surface area contributed by atoms with Crippen LogP contribution in [0.1, 0.15) is 62.2 Å². The Morgan fingerprint density at radius 1 is 1.07 bits per heavy atom. The standard InChI is InChI=1S/C30H33FN4O6S2/c1-5-18-8-13-25-23(15-18)26(22-7-6-14-32-28(22)36)27(29(37)33-42(38,39)20-9-10-20)35(25)17-19-16-21(11-12-24(19)31)43(40,41)34-30(2,3)4/h6-8,11-16,20,34H,5,9-10,17H2,1-4H3,(H,32,36)(H,33,37). The number of benzene rings is 2. The molecular weight excluding hydrogens is 595 g/mol. The van der Waals surface area contributed by atoms with Crippen molar-refractivity contribution in [3.05, 3.63) is 87.7 Å². The van der Waals surface area contributed by atoms with Crippen LogP contribution in [-0.4, -0.2) is 43.1 Å². The Hall–Kier alpha value is -3.81. The molecule has 0 unspecified atom stereocenters. The van der Waals surface area contributed by atoms with Crippen LogP contribution in [0.25, 0.3) is 22.0 Å². The van der Waals surface area contributed by atoms with Crippen molar-refractivity contribution in [2.24, 2.45) is 0 Å². The molecule has 1 aliphatic carbocycles. The number of hydrogen-bond donors (Lipinski definition) is 3. The smallest absolute Gasteiger partial charge is 0.282 e. The molecule has 43 heavy (non-hydrogen) atoms. The predicted molar refractivity (Wildman–Crippen MR) is 162 cm³/mol. The van der Waals surface area contributed by atoms with Crippen molar-refractivity contribution in [2.45, 2.75) is 69.2 Å². The van der Waals surface area contributed by atoms with Gasteiger partial charge in [0.15, 0.2) is 0 Å². The van der Waals surface area contributed by atoms with Crippen molar-refractivity contribution in [1.29, 1.82) is 0 Å². The molecular formula is C30H33FN4O6S2. The minimum atomic E-state index is -4.03. The maximum absolute atomic E-state index is 15.3. The van der Waals surface area contributed by atoms with Crippen molar-refractivity contribution in [1.82, 2.24) is 19.0 Å². The number of H-pyrrole nitrogens is 1. The molecule has 2 heterocycles. The summed E-state index contributed by atoms with van der Waals surface area (Å²) in [5, 5.41) is -0.206. The van der Waals surface area contributed by atoms with Crippen LogP contribution in [0.3, 0.4) is 0 Å². The maximum Gasteiger partial charge on any atom is 0.282 e. The summed E-state index contributed by atoms with van der Waals surface area (Å²) in [6, 6.07) is 11.8. The lowest BCUT2D eigenvalue weighted by Crippen LogP contribution is -2.40. The number of fused-ring (bicyclic) bond motifs is 1. The Morgan fingerprint density at radius 2 is 1.79 bits per heavy atom. The summed E-state index contributed by atoms with van der Waals surface area (Å²) in [4.78, 5) is 29.3. The average molecular weight is 629 g/mol. The van der Waals surface area contributed by atoms with Gasteiger partial charge in [0.1, 0.15) is 11.5 Å². The van der Waals surface area contributed by atoms with Gasteiger partial charge in [0.05, 0.1) is 16.7 Å². The molecule has 1 amide bonds. The third-order valence-corrected chi connectivity index (χ3v) is 10.7. The number of carbonyl (C=O) groups excluding carboxylic acids is 1. The SMILES string of the molecule is CCc1ccc2c(c1)c(-c1ccc[nH]c1=O)c(C(=O)NS(=O)(=O)C1CC1)n2Cc1cc(S(=O)(=O)NC(C)(C)C)ccc1F. The summed E-state index contributed by atoms with van der Waals surface area (Å²) in [7, 11) is -8.02. The molecule has 4 aromatic rings. The van der Waals surface area contributed by atoms with Gasteiger partial charge in [-0.25, -0.2) is 30.7 Å². The Morgan fingerprint density at radius 3 is 2.42 bits per heavy atom. The quantitative estimate of drug-likeness (QED) is 0.255. The zero-order valence-electron chi connectivity index (χ0n) is 24.2. The summed E-state index contributed by atoms with van der Waals surface area (Å²) < 4.78 is 73.3. The van der Waals surface area contributed by atoms with Gasteiger partial charge in [-0.05, 0) is 88.1 Å². The Balaban J connectivity index is 1.76. The van der Waals surface area contributed by atoms with E-state index in [1.54, 1.807) is 32.9 Å². The summed E-state index contributed by atoms with van der Waals surface area (Å²) in [6.07, 6.45) is 2.92. The lowest BCUT2D eigenvalue weighted by Gasteiger charge is -2.21. The highest BCUT2D eigenvalue weighted by Gasteiger charge is 2.38. The molecule has 10 nitrogen and oxygen atoms in total. The second kappa shape index (κ2) is 11.0. The second-order valence-corrected chi connectivity index (χ2v) is 15.4. The molecule has 228 valence electrons. The van der Waals surface area contributed by atoms with Gasteiger partial charge < -0.3 is 9.55 Å². The summed E-state index contributed by atoms with van der Waals surface area (Å²) in [5.41, 5.74) is 0.124. The number of pyridine rings is 1. The van der Waals surface area contributed by atoms with Crippen LogP contribution in [-0.2, 0) is 33.0 Å². The highest BCUT2D eigenvalue weighted by Crippen LogP contribution is 2.36. The molecule has 0 aliphatic heterocycles. The number of carbonyl (C=O) groups is 1. The van der Waals surface area contributed by atoms with Crippen LogP contribution in [0.2, 0.25) is 0 Å². The van der Waals surface area contributed by atoms with E-state index < -0.39 is 48.1 Å². The van der Waals surface area contributed by atoms with Crippen molar-refractivity contribution >= 4 is 36.9 Å². The lowest BCUT2D eigenvalue weighted by molar-refractivity contribution is 0.0973. The van der Waals surface area contributed by atoms with Gasteiger partial charge >= 0.3 is 0 Å². The number of sulfonamides is 2. The van der Waals surface area contributed by atoms with E-state index in [-0.39, 0.29) is 33.8 Å². The highest BCUT2D eigenvalue weighted by atomic mass is 32.2. The van der Waals surface area contributed by atoms with Gasteiger partial charge in [-0.1, -0.05) is 13.0 Å². The Kier molecular flexibility index (Phi) is 7.86. The van der Waals surface area contributed by atoms with E-state index in [2.05, 4.69) is 14.4 Å². The lowest BCUT2D eigenvalue weighted by atomic mass is 10.0. The van der Waals surface area contributed by atoms with E-state index in [1.165, 1.54) is 22.9 Å². The van der Waals surface area contributed by atoms with Crippen LogP contribution < -0.4 is 15.0 Å². The number of hydrogen-bond acceptors (Lipinski definition) is 6. The van der Waals surface area contributed by atoms with Crippen LogP contribution in [0.5, 0.6) is 0 Å². The molecule has 0 bridgehead atoms. The van der Waals surface area contributed by atoms with E-state index >= 15 is 4.39 Å². The Labute approximate surface area is 249 Å². The van der Waals surface area contributed by atoms with Crippen molar-refractivity contribution in [3.63, 3.8) is 0 Å². The molecule has 0 saturated heterocycles. The van der Waals surface area contributed by atoms with Gasteiger partial charge in [0.2, 0.25) is 20.0 Å². The molecule has 13 heteroatoms. The Bertz CT molecular complexity index is 2020. The first-order chi connectivity index (χ1) is 20.1. The average Bonchev–Trinajstić information content (AvgIpc) is 3.73. The van der Waals surface area contributed by atoms with Crippen molar-refractivity contribution < 1.29 is 26.0 Å². The normalized spacial score (nSPS) is 14.3. The van der Waals surface area contributed by atoms with E-state index in [0.29, 0.717) is 30.2 Å². The van der Waals surface area contributed by atoms with Gasteiger partial charge in [0, 0.05) is 39.3 Å². The molecule has 2 aromatic heterocycles. The van der Waals surface area contributed by atoms with Crippen LogP contribution in [0, 0.1) is 5.82 Å². The largest absolute Gasteiger partial charge is 0.331 e. The fourth-order valence-electron chi connectivity index (χ4n) is 5.02. The predicted octanol–water partition coefficient (Wildman–Crippen LogP) is 4.05. The maximum atomic E-state index is 15.3. The van der Waals surface area contributed by atoms with Gasteiger partial charge in [-0.15, -0.1) is 0 Å². The summed E-state index contributed by atoms with van der Waals surface area (Å²) in [6.45, 7) is 6.65. The molecule has 5 rings (SSSR count). The summed E-state index contributed by atoms with van der Waals surface area (Å²) in [5.74, 6) is -1.70. The third kappa shape index (κ3) is 6.29. The fourth-order valence-corrected chi connectivity index (χ4v) is 7.77. The number of halogens is 1. The van der Waals surface area contributed by atoms with Crippen LogP contribution >= 0.6 is 0 Å². The number of aryl methyl sites for hydroxylation is 1. The zero-order valence-corrected chi connectivity index (χ0v) is 25.8. The number of rotatable bonds is 9. The van der Waals surface area contributed by atoms with Gasteiger partial charge in [0.25, 0.3) is 11.5 Å². The van der Waals surface area contributed by atoms with Gasteiger partial charge in [-0.2, -0.15) is 0 Å². The third-order valence-electron chi connectivity index (χ3n) is 7.13. The molecule has 1 fully saturated rings. The van der Waals surface area contributed by atoms with E-state index in [9.17, 15) is 26.4 Å². The molecule has 0 spiro atoms. The zero-order chi connectivity index (χ0) is 31.3. The number of nitrogens with zero attached hydrogens (tertiary/aromatic N) is 1. The minimum absolute atomic E-state index is 0.0547. The monoisotopic (exact) mass is 628 g/mol. The fraction of sp³-hybridized carbons (Fsp3) is 0.333. The number of amides is 1. The molecule has 0 atom stereocenters. The van der Waals surface area contributed by atoms with Crippen LogP contribution in [0.4, 0.5) is 4.39 Å². The van der Waals surface area contributed by atoms with Crippen LogP contribution in [0.15, 0.2) is 64.4 Å². The van der Waals surface area contributed by atoms with Crippen molar-refractivity contribution in [2.75, 3.05) is 0 Å². The summed E-state index contributed by atoms with van der Waals surface area (Å²) >= 11 is 0. The number of aromatic nitrogens is 2. The molecule has 2 aromatic carbocycles. The minimum Gasteiger partial charge on any atom is -0.331 e. The van der Waals surface area contributed by atoms with E-state index in [1.807, 2.05) is 19.1 Å². The second-order valence-electron chi connectivity index (χ2n) is 11.7. The number of nitrogens with one attached hydrogen (secondary N) is 3. The van der Waals surface area contributed by atoms with E-state index in [4.69, 9.17) is 0 Å². The van der Waals surface area contributed by atoms with E-state index in [0.717, 1.165) is 17.7 Å². The first-order valence-corrected chi connectivity index (χ1v) is 16.9. The molecule has 3 N–H and O–H groups in total. The first-order valence-electron chi connectivity index (χ1n) is 13.8. The topological polar surface area (TPSA) is 147 Å². The molecule has 0 radical (unpaired) electrons. The highest BCUT2D eigenvalue weighted by molar-refractivity contribution is 7.91. The van der Waals surface area contributed by atoms with Crippen molar-refractivity contribution in [3.8, 4) is 11.1 Å². The molecule has 1 aliphatic rings. The number of aromatic amines is 1. The first kappa shape index (κ1) is 30.6. The molecule has 1 saturated carbocycles.